The van der Waals surface area contributed by atoms with Crippen LogP contribution in [0.1, 0.15) is 38.3 Å². The van der Waals surface area contributed by atoms with Crippen LogP contribution in [-0.2, 0) is 29.7 Å². The fraction of sp³-hybridized carbons (Fsp3) is 0.538. The third kappa shape index (κ3) is 7.22. The molecule has 3 heterocycles. The van der Waals surface area contributed by atoms with Gasteiger partial charge in [0.15, 0.2) is 17.0 Å². The van der Waals surface area contributed by atoms with Gasteiger partial charge in [-0.05, 0) is 33.3 Å². The van der Waals surface area contributed by atoms with Crippen LogP contribution in [0.5, 0.6) is 0 Å². The molecule has 1 aliphatic heterocycles. The van der Waals surface area contributed by atoms with E-state index >= 15 is 0 Å². The van der Waals surface area contributed by atoms with Gasteiger partial charge in [-0.3, -0.25) is 18.4 Å². The molecule has 13 nitrogen and oxygen atoms in total. The summed E-state index contributed by atoms with van der Waals surface area (Å²) < 4.78 is 32.6. The van der Waals surface area contributed by atoms with Crippen molar-refractivity contribution in [1.29, 1.82) is 0 Å². The Morgan fingerprint density at radius 3 is 2.68 bits per heavy atom. The quantitative estimate of drug-likeness (QED) is 0.164. The molecule has 1 unspecified atom stereocenters. The number of nitrogens with one attached hydrogen (secondary N) is 1. The average molecular weight is 610 g/mol. The number of aliphatic hydroxyl groups excluding tert-OH is 2. The molecule has 1 aromatic carbocycles. The summed E-state index contributed by atoms with van der Waals surface area (Å²) in [5, 5.41) is 34.1. The number of aromatic nitrogens is 4. The molecule has 0 amide bonds. The smallest absolute Gasteiger partial charge is 0.395 e. The molecule has 4 N–H and O–H groups in total. The zero-order chi connectivity index (χ0) is 29.8. The molecule has 3 aromatic rings. The maximum absolute atomic E-state index is 13.7. The van der Waals surface area contributed by atoms with Gasteiger partial charge >= 0.3 is 7.75 Å². The molecular weight excluding hydrogens is 573 g/mol. The number of imidazole rings is 1. The summed E-state index contributed by atoms with van der Waals surface area (Å²) in [6, 6.07) is 9.22. The number of ether oxygens (including phenoxy) is 1. The second-order valence-electron chi connectivity index (χ2n) is 10.6. The van der Waals surface area contributed by atoms with E-state index < -0.39 is 37.2 Å². The molecule has 1 fully saturated rings. The second kappa shape index (κ2) is 12.9. The Morgan fingerprint density at radius 2 is 1.98 bits per heavy atom. The van der Waals surface area contributed by atoms with E-state index in [1.807, 2.05) is 30.3 Å². The molecule has 0 radical (unpaired) electrons. The van der Waals surface area contributed by atoms with Crippen molar-refractivity contribution in [2.45, 2.75) is 58.3 Å². The lowest BCUT2D eigenvalue weighted by Gasteiger charge is -2.27. The van der Waals surface area contributed by atoms with Crippen molar-refractivity contribution in [3.63, 3.8) is 0 Å². The average Bonchev–Trinajstić information content (AvgIpc) is 3.48. The summed E-state index contributed by atoms with van der Waals surface area (Å²) >= 11 is 0.962. The van der Waals surface area contributed by atoms with Crippen molar-refractivity contribution in [3.05, 3.63) is 54.2 Å². The number of carbonyl (C=O) groups is 1. The molecule has 0 bridgehead atoms. The highest BCUT2D eigenvalue weighted by atomic mass is 32.2. The minimum Gasteiger partial charge on any atom is -0.395 e. The van der Waals surface area contributed by atoms with Crippen molar-refractivity contribution in [2.24, 2.45) is 5.41 Å². The van der Waals surface area contributed by atoms with Crippen LogP contribution in [0.25, 0.3) is 11.2 Å². The SMILES string of the molecule is Cc1ncnc2c1ncn2[C@@H]1O[C@H](COP(=O)(NCc2ccccc2)OCCSC(=O)C(C)(C)CO)[C@@H](O)[C@@]1(C)O. The zero-order valence-electron chi connectivity index (χ0n) is 23.3. The number of benzene rings is 1. The predicted octanol–water partition coefficient (Wildman–Crippen LogP) is 2.35. The number of rotatable bonds is 13. The normalized spacial score (nSPS) is 24.5. The van der Waals surface area contributed by atoms with Crippen LogP contribution in [0.3, 0.4) is 0 Å². The Labute approximate surface area is 242 Å². The van der Waals surface area contributed by atoms with Gasteiger partial charge in [0.05, 0.1) is 37.3 Å². The molecule has 4 rings (SSSR count). The van der Waals surface area contributed by atoms with Crippen molar-refractivity contribution in [3.8, 4) is 0 Å². The molecule has 15 heteroatoms. The van der Waals surface area contributed by atoms with E-state index in [2.05, 4.69) is 20.0 Å². The molecule has 224 valence electrons. The summed E-state index contributed by atoms with van der Waals surface area (Å²) in [5.41, 5.74) is -0.244. The van der Waals surface area contributed by atoms with Crippen LogP contribution in [-0.4, -0.2) is 83.3 Å². The first-order chi connectivity index (χ1) is 19.4. The largest absolute Gasteiger partial charge is 0.405 e. The first-order valence-electron chi connectivity index (χ1n) is 13.0. The van der Waals surface area contributed by atoms with Crippen LogP contribution in [0, 0.1) is 12.3 Å². The first kappa shape index (κ1) is 31.7. The highest BCUT2D eigenvalue weighted by molar-refractivity contribution is 8.13. The number of aryl methyl sites for hydroxylation is 1. The van der Waals surface area contributed by atoms with Gasteiger partial charge < -0.3 is 20.1 Å². The zero-order valence-corrected chi connectivity index (χ0v) is 25.0. The fourth-order valence-corrected chi connectivity index (χ4v) is 6.39. The Hall–Kier alpha value is -2.26. The topological polar surface area (TPSA) is 178 Å². The number of nitrogens with zero attached hydrogens (tertiary/aromatic N) is 4. The van der Waals surface area contributed by atoms with Crippen LogP contribution in [0.2, 0.25) is 0 Å². The lowest BCUT2D eigenvalue weighted by atomic mass is 9.96. The van der Waals surface area contributed by atoms with Crippen molar-refractivity contribution < 1.29 is 38.5 Å². The molecular formula is C26H36N5O8PS. The summed E-state index contributed by atoms with van der Waals surface area (Å²) in [4.78, 5) is 25.0. The number of carbonyl (C=O) groups excluding carboxylic acids is 1. The lowest BCUT2D eigenvalue weighted by Crippen LogP contribution is -2.44. The van der Waals surface area contributed by atoms with Gasteiger partial charge in [0.1, 0.15) is 29.7 Å². The van der Waals surface area contributed by atoms with Crippen molar-refractivity contribution >= 4 is 35.8 Å². The van der Waals surface area contributed by atoms with Gasteiger partial charge in [-0.1, -0.05) is 42.1 Å². The van der Waals surface area contributed by atoms with E-state index in [0.717, 1.165) is 17.3 Å². The van der Waals surface area contributed by atoms with Gasteiger partial charge in [0, 0.05) is 12.3 Å². The van der Waals surface area contributed by atoms with E-state index in [1.54, 1.807) is 20.8 Å². The second-order valence-corrected chi connectivity index (χ2v) is 13.5. The van der Waals surface area contributed by atoms with E-state index in [-0.39, 0.29) is 37.2 Å². The molecule has 2 aromatic heterocycles. The third-order valence-corrected chi connectivity index (χ3v) is 9.55. The minimum atomic E-state index is -3.98. The first-order valence-corrected chi connectivity index (χ1v) is 15.6. The van der Waals surface area contributed by atoms with Crippen molar-refractivity contribution in [1.82, 2.24) is 24.6 Å². The number of aliphatic hydroxyl groups is 3. The molecule has 1 aliphatic rings. The molecule has 41 heavy (non-hydrogen) atoms. The van der Waals surface area contributed by atoms with Crippen molar-refractivity contribution in [2.75, 3.05) is 25.6 Å². The maximum Gasteiger partial charge on any atom is 0.405 e. The maximum atomic E-state index is 13.7. The Morgan fingerprint density at radius 1 is 1.24 bits per heavy atom. The molecule has 1 saturated heterocycles. The van der Waals surface area contributed by atoms with Crippen LogP contribution >= 0.6 is 19.5 Å². The Balaban J connectivity index is 1.44. The number of hydrogen-bond acceptors (Lipinski definition) is 12. The fourth-order valence-electron chi connectivity index (χ4n) is 4.15. The molecule has 0 spiro atoms. The summed E-state index contributed by atoms with van der Waals surface area (Å²) in [5.74, 6) is 0.178. The van der Waals surface area contributed by atoms with Gasteiger partial charge in [0.2, 0.25) is 0 Å². The summed E-state index contributed by atoms with van der Waals surface area (Å²) in [7, 11) is -3.98. The van der Waals surface area contributed by atoms with E-state index in [4.69, 9.17) is 13.8 Å². The third-order valence-electron chi connectivity index (χ3n) is 6.80. The number of hydrogen-bond donors (Lipinski definition) is 4. The highest BCUT2D eigenvalue weighted by Crippen LogP contribution is 2.47. The summed E-state index contributed by atoms with van der Waals surface area (Å²) in [6.07, 6.45) is -0.732. The summed E-state index contributed by atoms with van der Waals surface area (Å²) in [6.45, 7) is 5.87. The van der Waals surface area contributed by atoms with Crippen LogP contribution < -0.4 is 5.09 Å². The highest BCUT2D eigenvalue weighted by Gasteiger charge is 2.54. The van der Waals surface area contributed by atoms with Gasteiger partial charge in [-0.15, -0.1) is 0 Å². The van der Waals surface area contributed by atoms with Crippen LogP contribution in [0.4, 0.5) is 0 Å². The number of thioether (sulfide) groups is 1. The number of fused-ring (bicyclic) bond motifs is 1. The lowest BCUT2D eigenvalue weighted by molar-refractivity contribution is -0.119. The molecule has 0 aliphatic carbocycles. The molecule has 5 atom stereocenters. The monoisotopic (exact) mass is 609 g/mol. The van der Waals surface area contributed by atoms with E-state index in [0.29, 0.717) is 16.9 Å². The van der Waals surface area contributed by atoms with Gasteiger partial charge in [0.25, 0.3) is 0 Å². The van der Waals surface area contributed by atoms with E-state index in [1.165, 1.54) is 24.1 Å². The standard InChI is InChI=1S/C26H36N5O8PS/c1-17-20-22(28-15-27-17)31(16-29-20)23-26(4,35)21(33)19(39-23)13-38-40(36,30-12-18-8-6-5-7-9-18)37-10-11-41-24(34)25(2,3)14-32/h5-9,15-16,19,21,23,32-33,35H,10-14H2,1-4H3,(H,30,36)/t19-,21-,23-,26-,40?/m1/s1. The Kier molecular flexibility index (Phi) is 10.00. The Bertz CT molecular complexity index is 1390. The van der Waals surface area contributed by atoms with Crippen LogP contribution in [0.15, 0.2) is 43.0 Å². The predicted molar refractivity (Wildman–Crippen MR) is 152 cm³/mol. The van der Waals surface area contributed by atoms with Gasteiger partial charge in [-0.25, -0.2) is 24.6 Å². The van der Waals surface area contributed by atoms with Gasteiger partial charge in [-0.2, -0.15) is 0 Å². The van der Waals surface area contributed by atoms with E-state index in [9.17, 15) is 24.7 Å². The minimum absolute atomic E-state index is 0.0918. The molecule has 0 saturated carbocycles.